The quantitative estimate of drug-likeness (QED) is 0.416. The van der Waals surface area contributed by atoms with Gasteiger partial charge in [-0.2, -0.15) is 0 Å². The molecule has 0 rings (SSSR count). The Labute approximate surface area is 73.9 Å². The van der Waals surface area contributed by atoms with Gasteiger partial charge in [0.25, 0.3) is 0 Å². The van der Waals surface area contributed by atoms with Crippen molar-refractivity contribution in [2.45, 2.75) is 32.7 Å². The number of rotatable bonds is 4. The average molecular weight is 173 g/mol. The Morgan fingerprint density at radius 3 is 2.50 bits per heavy atom. The lowest BCUT2D eigenvalue weighted by molar-refractivity contribution is 0.188. The molecular formula is C8H19N3O. The highest BCUT2D eigenvalue weighted by Gasteiger charge is 2.20. The van der Waals surface area contributed by atoms with Gasteiger partial charge in [-0.3, -0.25) is 4.99 Å². The van der Waals surface area contributed by atoms with Crippen molar-refractivity contribution in [2.75, 3.05) is 13.2 Å². The van der Waals surface area contributed by atoms with E-state index in [0.717, 1.165) is 6.42 Å². The summed E-state index contributed by atoms with van der Waals surface area (Å²) in [5, 5.41) is 12.0. The number of hydrogen-bond donors (Lipinski definition) is 3. The first-order valence-corrected chi connectivity index (χ1v) is 4.27. The van der Waals surface area contributed by atoms with Crippen LogP contribution < -0.4 is 11.1 Å². The standard InChI is InChI=1S/C8H19N3O/c1-4-8(3,6-12)11-7(9)10-5-2/h12H,4-6H2,1-3H3,(H3,9,10,11). The Bertz CT molecular complexity index is 152. The SMILES string of the molecule is CCN=C(N)NC(C)(CC)CO. The third-order valence-electron chi connectivity index (χ3n) is 1.89. The van der Waals surface area contributed by atoms with Crippen molar-refractivity contribution < 1.29 is 5.11 Å². The fourth-order valence-corrected chi connectivity index (χ4v) is 0.759. The summed E-state index contributed by atoms with van der Waals surface area (Å²) in [5.74, 6) is 0.399. The zero-order valence-corrected chi connectivity index (χ0v) is 8.09. The molecule has 0 aliphatic heterocycles. The van der Waals surface area contributed by atoms with Gasteiger partial charge in [0, 0.05) is 6.54 Å². The van der Waals surface area contributed by atoms with E-state index in [1.165, 1.54) is 0 Å². The minimum absolute atomic E-state index is 0.0590. The van der Waals surface area contributed by atoms with Gasteiger partial charge < -0.3 is 16.2 Å². The first-order chi connectivity index (χ1) is 5.58. The van der Waals surface area contributed by atoms with Gasteiger partial charge in [-0.15, -0.1) is 0 Å². The molecule has 0 spiro atoms. The highest BCUT2D eigenvalue weighted by molar-refractivity contribution is 5.78. The number of nitrogens with two attached hydrogens (primary N) is 1. The molecule has 0 fully saturated rings. The van der Waals surface area contributed by atoms with Crippen LogP contribution in [0.3, 0.4) is 0 Å². The van der Waals surface area contributed by atoms with Crippen LogP contribution in [0.15, 0.2) is 4.99 Å². The van der Waals surface area contributed by atoms with Crippen LogP contribution in [0.2, 0.25) is 0 Å². The molecule has 0 aromatic rings. The van der Waals surface area contributed by atoms with Crippen LogP contribution in [-0.2, 0) is 0 Å². The van der Waals surface area contributed by atoms with Crippen LogP contribution in [0.25, 0.3) is 0 Å². The molecular weight excluding hydrogens is 154 g/mol. The molecule has 4 heteroatoms. The summed E-state index contributed by atoms with van der Waals surface area (Å²) < 4.78 is 0. The number of nitrogens with zero attached hydrogens (tertiary/aromatic N) is 1. The molecule has 0 heterocycles. The number of hydrogen-bond acceptors (Lipinski definition) is 2. The number of aliphatic hydroxyl groups excluding tert-OH is 1. The van der Waals surface area contributed by atoms with Gasteiger partial charge in [0.1, 0.15) is 0 Å². The lowest BCUT2D eigenvalue weighted by atomic mass is 10.0. The van der Waals surface area contributed by atoms with Crippen molar-refractivity contribution >= 4 is 5.96 Å². The highest BCUT2D eigenvalue weighted by Crippen LogP contribution is 2.06. The molecule has 0 aromatic heterocycles. The van der Waals surface area contributed by atoms with Crippen molar-refractivity contribution in [3.63, 3.8) is 0 Å². The number of nitrogens with one attached hydrogen (secondary N) is 1. The summed E-state index contributed by atoms with van der Waals surface area (Å²) in [4.78, 5) is 3.98. The van der Waals surface area contributed by atoms with Crippen LogP contribution in [0.1, 0.15) is 27.2 Å². The Hall–Kier alpha value is -0.770. The van der Waals surface area contributed by atoms with Gasteiger partial charge in [-0.25, -0.2) is 0 Å². The van der Waals surface area contributed by atoms with E-state index in [2.05, 4.69) is 10.3 Å². The van der Waals surface area contributed by atoms with Crippen molar-refractivity contribution in [1.82, 2.24) is 5.32 Å². The molecule has 0 aliphatic carbocycles. The Balaban J connectivity index is 4.11. The van der Waals surface area contributed by atoms with Crippen LogP contribution >= 0.6 is 0 Å². The van der Waals surface area contributed by atoms with E-state index >= 15 is 0 Å². The predicted octanol–water partition coefficient (Wildman–Crippen LogP) is 0.0716. The second kappa shape index (κ2) is 4.98. The van der Waals surface area contributed by atoms with Crippen LogP contribution in [-0.4, -0.2) is 29.8 Å². The third-order valence-corrected chi connectivity index (χ3v) is 1.89. The zero-order chi connectivity index (χ0) is 9.61. The maximum Gasteiger partial charge on any atom is 0.189 e. The highest BCUT2D eigenvalue weighted by atomic mass is 16.3. The molecule has 0 aliphatic rings. The van der Waals surface area contributed by atoms with E-state index in [0.29, 0.717) is 12.5 Å². The van der Waals surface area contributed by atoms with Crippen molar-refractivity contribution in [3.05, 3.63) is 0 Å². The zero-order valence-electron chi connectivity index (χ0n) is 8.09. The second-order valence-corrected chi connectivity index (χ2v) is 3.06. The van der Waals surface area contributed by atoms with Crippen molar-refractivity contribution in [3.8, 4) is 0 Å². The molecule has 1 atom stereocenters. The van der Waals surface area contributed by atoms with Crippen molar-refractivity contribution in [1.29, 1.82) is 0 Å². The van der Waals surface area contributed by atoms with E-state index in [4.69, 9.17) is 10.8 Å². The van der Waals surface area contributed by atoms with Crippen LogP contribution in [0, 0.1) is 0 Å². The monoisotopic (exact) mass is 173 g/mol. The van der Waals surface area contributed by atoms with E-state index in [1.807, 2.05) is 20.8 Å². The number of aliphatic hydroxyl groups is 1. The molecule has 4 nitrogen and oxygen atoms in total. The predicted molar refractivity (Wildman–Crippen MR) is 51.1 cm³/mol. The van der Waals surface area contributed by atoms with E-state index in [1.54, 1.807) is 0 Å². The summed E-state index contributed by atoms with van der Waals surface area (Å²) in [5.41, 5.74) is 5.20. The summed E-state index contributed by atoms with van der Waals surface area (Å²) in [6.45, 7) is 6.53. The maximum absolute atomic E-state index is 9.03. The van der Waals surface area contributed by atoms with E-state index in [-0.39, 0.29) is 12.1 Å². The molecule has 0 aromatic carbocycles. The summed E-state index contributed by atoms with van der Waals surface area (Å²) >= 11 is 0. The molecule has 0 radical (unpaired) electrons. The minimum Gasteiger partial charge on any atom is -0.394 e. The van der Waals surface area contributed by atoms with Gasteiger partial charge in [-0.1, -0.05) is 6.92 Å². The minimum atomic E-state index is -0.344. The topological polar surface area (TPSA) is 70.6 Å². The Kier molecular flexibility index (Phi) is 4.66. The summed E-state index contributed by atoms with van der Waals surface area (Å²) in [6, 6.07) is 0. The summed E-state index contributed by atoms with van der Waals surface area (Å²) in [6.07, 6.45) is 0.809. The Morgan fingerprint density at radius 2 is 2.17 bits per heavy atom. The fourth-order valence-electron chi connectivity index (χ4n) is 0.759. The molecule has 0 bridgehead atoms. The molecule has 0 amide bonds. The molecule has 12 heavy (non-hydrogen) atoms. The first-order valence-electron chi connectivity index (χ1n) is 4.27. The van der Waals surface area contributed by atoms with Gasteiger partial charge in [0.2, 0.25) is 0 Å². The van der Waals surface area contributed by atoms with Crippen LogP contribution in [0.4, 0.5) is 0 Å². The Morgan fingerprint density at radius 1 is 1.58 bits per heavy atom. The molecule has 4 N–H and O–H groups in total. The normalized spacial score (nSPS) is 17.2. The first kappa shape index (κ1) is 11.2. The number of guanidine groups is 1. The van der Waals surface area contributed by atoms with E-state index < -0.39 is 0 Å². The number of aliphatic imine (C=N–C) groups is 1. The molecule has 1 unspecified atom stereocenters. The maximum atomic E-state index is 9.03. The molecule has 0 saturated heterocycles. The van der Waals surface area contributed by atoms with Gasteiger partial charge in [0.05, 0.1) is 12.1 Å². The lowest BCUT2D eigenvalue weighted by Crippen LogP contribution is -2.51. The van der Waals surface area contributed by atoms with Gasteiger partial charge in [-0.05, 0) is 20.3 Å². The smallest absolute Gasteiger partial charge is 0.189 e. The summed E-state index contributed by atoms with van der Waals surface area (Å²) in [7, 11) is 0. The van der Waals surface area contributed by atoms with E-state index in [9.17, 15) is 0 Å². The van der Waals surface area contributed by atoms with Crippen molar-refractivity contribution in [2.24, 2.45) is 10.7 Å². The largest absolute Gasteiger partial charge is 0.394 e. The van der Waals surface area contributed by atoms with Gasteiger partial charge in [0.15, 0.2) is 5.96 Å². The fraction of sp³-hybridized carbons (Fsp3) is 0.875. The second-order valence-electron chi connectivity index (χ2n) is 3.06. The lowest BCUT2D eigenvalue weighted by Gasteiger charge is -2.27. The third kappa shape index (κ3) is 3.57. The van der Waals surface area contributed by atoms with Crippen LogP contribution in [0.5, 0.6) is 0 Å². The van der Waals surface area contributed by atoms with Gasteiger partial charge >= 0.3 is 0 Å². The molecule has 0 saturated carbocycles. The average Bonchev–Trinajstić information content (AvgIpc) is 2.05. The molecule has 72 valence electrons.